The maximum absolute atomic E-state index is 11.5. The van der Waals surface area contributed by atoms with Gasteiger partial charge in [-0.15, -0.1) is 0 Å². The minimum Gasteiger partial charge on any atom is -0.492 e. The first kappa shape index (κ1) is 15.3. The van der Waals surface area contributed by atoms with Crippen LogP contribution in [0.5, 0.6) is 5.75 Å². The first-order valence-electron chi connectivity index (χ1n) is 7.29. The lowest BCUT2D eigenvalue weighted by molar-refractivity contribution is -0.121. The lowest BCUT2D eigenvalue weighted by Crippen LogP contribution is -2.29. The van der Waals surface area contributed by atoms with Crippen LogP contribution < -0.4 is 15.8 Å². The van der Waals surface area contributed by atoms with E-state index in [1.165, 1.54) is 5.39 Å². The largest absolute Gasteiger partial charge is 0.492 e. The summed E-state index contributed by atoms with van der Waals surface area (Å²) in [7, 11) is 0. The van der Waals surface area contributed by atoms with Crippen LogP contribution in [0.15, 0.2) is 42.5 Å². The third kappa shape index (κ3) is 5.08. The molecule has 4 nitrogen and oxygen atoms in total. The number of fused-ring (bicyclic) bond motifs is 1. The Morgan fingerprint density at radius 2 is 2.00 bits per heavy atom. The molecule has 2 aromatic carbocycles. The molecule has 112 valence electrons. The molecule has 0 saturated carbocycles. The Morgan fingerprint density at radius 1 is 1.24 bits per heavy atom. The van der Waals surface area contributed by atoms with E-state index in [0.717, 1.165) is 11.1 Å². The molecule has 0 fully saturated rings. The number of rotatable bonds is 7. The van der Waals surface area contributed by atoms with E-state index in [1.807, 2.05) is 37.3 Å². The smallest absolute Gasteiger partial charge is 0.220 e. The maximum atomic E-state index is 11.5. The molecular formula is C17H22N2O2. The maximum Gasteiger partial charge on any atom is 0.220 e. The third-order valence-electron chi connectivity index (χ3n) is 3.24. The van der Waals surface area contributed by atoms with Gasteiger partial charge in [-0.3, -0.25) is 4.79 Å². The molecule has 21 heavy (non-hydrogen) atoms. The van der Waals surface area contributed by atoms with Gasteiger partial charge < -0.3 is 15.8 Å². The van der Waals surface area contributed by atoms with E-state index in [1.54, 1.807) is 0 Å². The Labute approximate surface area is 125 Å². The van der Waals surface area contributed by atoms with Gasteiger partial charge in [-0.05, 0) is 36.2 Å². The van der Waals surface area contributed by atoms with Crippen molar-refractivity contribution in [3.05, 3.63) is 42.5 Å². The minimum atomic E-state index is 0.0226. The molecular weight excluding hydrogens is 264 g/mol. The van der Waals surface area contributed by atoms with E-state index in [9.17, 15) is 4.79 Å². The lowest BCUT2D eigenvalue weighted by atomic mass is 10.1. The number of nitrogens with two attached hydrogens (primary N) is 1. The van der Waals surface area contributed by atoms with Gasteiger partial charge in [0.2, 0.25) is 5.91 Å². The molecule has 1 atom stereocenters. The van der Waals surface area contributed by atoms with Crippen LogP contribution in [0.1, 0.15) is 19.8 Å². The van der Waals surface area contributed by atoms with Crippen LogP contribution in [0.3, 0.4) is 0 Å². The van der Waals surface area contributed by atoms with Crippen molar-refractivity contribution in [2.45, 2.75) is 25.8 Å². The van der Waals surface area contributed by atoms with Crippen LogP contribution in [-0.2, 0) is 4.79 Å². The number of carbonyl (C=O) groups excluding carboxylic acids is 1. The first-order valence-corrected chi connectivity index (χ1v) is 7.29. The molecule has 0 aromatic heterocycles. The molecule has 4 heteroatoms. The molecule has 0 spiro atoms. The third-order valence-corrected chi connectivity index (χ3v) is 3.24. The van der Waals surface area contributed by atoms with Crippen LogP contribution in [0, 0.1) is 0 Å². The SMILES string of the molecule is CC(N)CCC(=O)NCCOc1ccc2ccccc2c1. The van der Waals surface area contributed by atoms with Crippen LogP contribution in [0.4, 0.5) is 0 Å². The summed E-state index contributed by atoms with van der Waals surface area (Å²) >= 11 is 0. The molecule has 2 rings (SSSR count). The lowest BCUT2D eigenvalue weighted by Gasteiger charge is -2.09. The van der Waals surface area contributed by atoms with Gasteiger partial charge in [-0.1, -0.05) is 30.3 Å². The van der Waals surface area contributed by atoms with Crippen molar-refractivity contribution < 1.29 is 9.53 Å². The second-order valence-electron chi connectivity index (χ2n) is 5.22. The van der Waals surface area contributed by atoms with Crippen LogP contribution in [0.2, 0.25) is 0 Å². The molecule has 1 amide bonds. The fourth-order valence-electron chi connectivity index (χ4n) is 2.06. The van der Waals surface area contributed by atoms with E-state index in [0.29, 0.717) is 26.0 Å². The highest BCUT2D eigenvalue weighted by atomic mass is 16.5. The summed E-state index contributed by atoms with van der Waals surface area (Å²) < 4.78 is 5.65. The topological polar surface area (TPSA) is 64.4 Å². The average Bonchev–Trinajstić information content (AvgIpc) is 2.49. The highest BCUT2D eigenvalue weighted by molar-refractivity contribution is 5.83. The number of ether oxygens (including phenoxy) is 1. The second kappa shape index (κ2) is 7.64. The molecule has 0 heterocycles. The molecule has 1 unspecified atom stereocenters. The van der Waals surface area contributed by atoms with E-state index >= 15 is 0 Å². The zero-order chi connectivity index (χ0) is 15.1. The van der Waals surface area contributed by atoms with Crippen molar-refractivity contribution in [3.8, 4) is 5.75 Å². The van der Waals surface area contributed by atoms with E-state index in [4.69, 9.17) is 10.5 Å². The van der Waals surface area contributed by atoms with Crippen molar-refractivity contribution in [1.29, 1.82) is 0 Å². The van der Waals surface area contributed by atoms with Gasteiger partial charge in [0, 0.05) is 12.5 Å². The number of hydrogen-bond acceptors (Lipinski definition) is 3. The summed E-state index contributed by atoms with van der Waals surface area (Å²) in [5, 5.41) is 5.16. The van der Waals surface area contributed by atoms with Gasteiger partial charge in [0.25, 0.3) is 0 Å². The normalized spacial score (nSPS) is 12.1. The minimum absolute atomic E-state index is 0.0226. The Balaban J connectivity index is 1.73. The zero-order valence-electron chi connectivity index (χ0n) is 12.3. The predicted octanol–water partition coefficient (Wildman–Crippen LogP) is 2.46. The predicted molar refractivity (Wildman–Crippen MR) is 85.3 cm³/mol. The molecule has 0 aliphatic carbocycles. The van der Waals surface area contributed by atoms with E-state index in [-0.39, 0.29) is 11.9 Å². The van der Waals surface area contributed by atoms with Gasteiger partial charge in [0.15, 0.2) is 0 Å². The summed E-state index contributed by atoms with van der Waals surface area (Å²) in [5.74, 6) is 0.841. The van der Waals surface area contributed by atoms with E-state index < -0.39 is 0 Å². The fourth-order valence-corrected chi connectivity index (χ4v) is 2.06. The highest BCUT2D eigenvalue weighted by Crippen LogP contribution is 2.20. The van der Waals surface area contributed by atoms with Crippen molar-refractivity contribution in [2.75, 3.05) is 13.2 Å². The van der Waals surface area contributed by atoms with Crippen molar-refractivity contribution in [3.63, 3.8) is 0 Å². The van der Waals surface area contributed by atoms with Gasteiger partial charge in [-0.25, -0.2) is 0 Å². The molecule has 3 N–H and O–H groups in total. The molecule has 0 radical (unpaired) electrons. The number of carbonyl (C=O) groups is 1. The monoisotopic (exact) mass is 286 g/mol. The Bertz CT molecular complexity index is 596. The summed E-state index contributed by atoms with van der Waals surface area (Å²) in [6.07, 6.45) is 1.17. The molecule has 0 aliphatic rings. The van der Waals surface area contributed by atoms with Gasteiger partial charge >= 0.3 is 0 Å². The molecule has 0 bridgehead atoms. The van der Waals surface area contributed by atoms with Crippen molar-refractivity contribution in [2.24, 2.45) is 5.73 Å². The average molecular weight is 286 g/mol. The summed E-state index contributed by atoms with van der Waals surface area (Å²) in [4.78, 5) is 11.5. The zero-order valence-corrected chi connectivity index (χ0v) is 12.3. The Morgan fingerprint density at radius 3 is 2.76 bits per heavy atom. The number of nitrogens with one attached hydrogen (secondary N) is 1. The van der Waals surface area contributed by atoms with Crippen molar-refractivity contribution >= 4 is 16.7 Å². The van der Waals surface area contributed by atoms with Gasteiger partial charge in [-0.2, -0.15) is 0 Å². The molecule has 0 saturated heterocycles. The number of benzene rings is 2. The molecule has 2 aromatic rings. The quantitative estimate of drug-likeness (QED) is 0.768. The first-order chi connectivity index (χ1) is 10.1. The number of hydrogen-bond donors (Lipinski definition) is 2. The Hall–Kier alpha value is -2.07. The summed E-state index contributed by atoms with van der Waals surface area (Å²) in [5.41, 5.74) is 5.61. The van der Waals surface area contributed by atoms with Crippen LogP contribution in [0.25, 0.3) is 10.8 Å². The molecule has 0 aliphatic heterocycles. The Kier molecular flexibility index (Phi) is 5.58. The van der Waals surface area contributed by atoms with Crippen LogP contribution in [-0.4, -0.2) is 25.1 Å². The number of amides is 1. The van der Waals surface area contributed by atoms with Crippen molar-refractivity contribution in [1.82, 2.24) is 5.32 Å². The summed E-state index contributed by atoms with van der Waals surface area (Å²) in [6.45, 7) is 2.86. The second-order valence-corrected chi connectivity index (χ2v) is 5.22. The van der Waals surface area contributed by atoms with Gasteiger partial charge in [0.05, 0.1) is 6.54 Å². The summed E-state index contributed by atoms with van der Waals surface area (Å²) in [6, 6.07) is 14.2. The standard InChI is InChI=1S/C17H22N2O2/c1-13(18)6-9-17(20)19-10-11-21-16-8-7-14-4-2-3-5-15(14)12-16/h2-5,7-8,12-13H,6,9-11,18H2,1H3,(H,19,20). The van der Waals surface area contributed by atoms with E-state index in [2.05, 4.69) is 17.4 Å². The fraction of sp³-hybridized carbons (Fsp3) is 0.353. The van der Waals surface area contributed by atoms with Gasteiger partial charge in [0.1, 0.15) is 12.4 Å². The highest BCUT2D eigenvalue weighted by Gasteiger charge is 2.03. The van der Waals surface area contributed by atoms with Crippen LogP contribution >= 0.6 is 0 Å².